The monoisotopic (exact) mass is 392 g/mol. The number of carbonyl (C=O) groups excluding carboxylic acids is 1. The Hall–Kier alpha value is -1.82. The highest BCUT2D eigenvalue weighted by Gasteiger charge is 2.53. The minimum absolute atomic E-state index is 0.104. The summed E-state index contributed by atoms with van der Waals surface area (Å²) in [5.41, 5.74) is 0.141. The molecular weight excluding hydrogens is 368 g/mol. The van der Waals surface area contributed by atoms with E-state index in [0.717, 1.165) is 17.8 Å². The van der Waals surface area contributed by atoms with E-state index in [9.17, 15) is 14.9 Å². The lowest BCUT2D eigenvalue weighted by Gasteiger charge is -2.59. The molecule has 7 heteroatoms. The summed E-state index contributed by atoms with van der Waals surface area (Å²) < 4.78 is 5.49. The third kappa shape index (κ3) is 3.64. The van der Waals surface area contributed by atoms with Crippen LogP contribution in [0.25, 0.3) is 0 Å². The molecule has 1 amide bonds. The topological polar surface area (TPSA) is 81.5 Å². The van der Waals surface area contributed by atoms with Gasteiger partial charge in [-0.15, -0.1) is 0 Å². The lowest BCUT2D eigenvalue weighted by molar-refractivity contribution is -0.384. The summed E-state index contributed by atoms with van der Waals surface area (Å²) >= 11 is 6.01. The van der Waals surface area contributed by atoms with Gasteiger partial charge >= 0.3 is 0 Å². The van der Waals surface area contributed by atoms with Crippen LogP contribution < -0.4 is 10.1 Å². The first-order chi connectivity index (χ1) is 12.8. The van der Waals surface area contributed by atoms with Crippen LogP contribution in [0.15, 0.2) is 18.2 Å². The third-order valence-corrected chi connectivity index (χ3v) is 7.16. The zero-order valence-corrected chi connectivity index (χ0v) is 16.2. The van der Waals surface area contributed by atoms with Gasteiger partial charge in [-0.2, -0.15) is 0 Å². The van der Waals surface area contributed by atoms with Gasteiger partial charge in [0, 0.05) is 18.2 Å². The van der Waals surface area contributed by atoms with Crippen LogP contribution in [0.2, 0.25) is 5.02 Å². The Bertz CT molecular complexity index is 731. The summed E-state index contributed by atoms with van der Waals surface area (Å²) in [4.78, 5) is 22.7. The number of carbonyl (C=O) groups is 1. The van der Waals surface area contributed by atoms with Crippen molar-refractivity contribution in [2.75, 3.05) is 6.61 Å². The van der Waals surface area contributed by atoms with E-state index < -0.39 is 4.92 Å². The number of nitrogens with zero attached hydrogens (tertiary/aromatic N) is 1. The van der Waals surface area contributed by atoms with Crippen LogP contribution in [0.3, 0.4) is 0 Å². The molecule has 6 nitrogen and oxygen atoms in total. The second kappa shape index (κ2) is 6.97. The number of benzene rings is 1. The lowest BCUT2D eigenvalue weighted by Crippen LogP contribution is -2.56. The molecule has 5 rings (SSSR count). The fraction of sp³-hybridized carbons (Fsp3) is 0.650. The number of halogens is 1. The maximum atomic E-state index is 12.4. The largest absolute Gasteiger partial charge is 0.482 e. The van der Waals surface area contributed by atoms with Gasteiger partial charge in [0.15, 0.2) is 6.61 Å². The standard InChI is InChI=1S/C20H25ClN2O4/c1-12(20-8-13-4-14(9-20)6-15(5-13)10-20)22-19(24)11-27-18-3-2-16(23(25)26)7-17(18)21/h2-3,7,12-15H,4-6,8-11H2,1H3,(H,22,24). The average Bonchev–Trinajstić information content (AvgIpc) is 2.59. The fourth-order valence-electron chi connectivity index (χ4n) is 6.01. The molecule has 4 fully saturated rings. The van der Waals surface area contributed by atoms with Crippen LogP contribution in [0.4, 0.5) is 5.69 Å². The number of amides is 1. The van der Waals surface area contributed by atoms with Crippen LogP contribution in [0.1, 0.15) is 45.4 Å². The number of hydrogen-bond acceptors (Lipinski definition) is 4. The van der Waals surface area contributed by atoms with Gasteiger partial charge in [-0.25, -0.2) is 0 Å². The Balaban J connectivity index is 1.34. The summed E-state index contributed by atoms with van der Waals surface area (Å²) in [7, 11) is 0. The molecule has 1 aromatic carbocycles. The van der Waals surface area contributed by atoms with Gasteiger partial charge in [0.2, 0.25) is 0 Å². The van der Waals surface area contributed by atoms with Crippen LogP contribution in [0, 0.1) is 33.3 Å². The molecule has 1 aromatic rings. The summed E-state index contributed by atoms with van der Waals surface area (Å²) in [6.45, 7) is 1.98. The van der Waals surface area contributed by atoms with Crippen LogP contribution in [-0.2, 0) is 4.79 Å². The molecular formula is C20H25ClN2O4. The van der Waals surface area contributed by atoms with Crippen LogP contribution >= 0.6 is 11.6 Å². The highest BCUT2D eigenvalue weighted by molar-refractivity contribution is 6.32. The molecule has 0 heterocycles. The van der Waals surface area contributed by atoms with Gasteiger partial charge in [-0.1, -0.05) is 11.6 Å². The van der Waals surface area contributed by atoms with E-state index >= 15 is 0 Å². The van der Waals surface area contributed by atoms with Crippen LogP contribution in [0.5, 0.6) is 5.75 Å². The van der Waals surface area contributed by atoms with E-state index in [0.29, 0.717) is 0 Å². The normalized spacial score (nSPS) is 32.1. The van der Waals surface area contributed by atoms with Crippen molar-refractivity contribution in [3.63, 3.8) is 0 Å². The Morgan fingerprint density at radius 3 is 2.41 bits per heavy atom. The van der Waals surface area contributed by atoms with E-state index in [-0.39, 0.29) is 40.4 Å². The summed E-state index contributed by atoms with van der Waals surface area (Å²) in [6, 6.07) is 4.11. The van der Waals surface area contributed by atoms with E-state index in [1.165, 1.54) is 56.7 Å². The molecule has 0 aromatic heterocycles. The summed E-state index contributed by atoms with van der Waals surface area (Å²) in [5.74, 6) is 2.62. The molecule has 146 valence electrons. The van der Waals surface area contributed by atoms with Crippen molar-refractivity contribution in [3.8, 4) is 5.75 Å². The molecule has 4 aliphatic carbocycles. The van der Waals surface area contributed by atoms with Gasteiger partial charge in [0.25, 0.3) is 11.6 Å². The quantitative estimate of drug-likeness (QED) is 0.576. The zero-order valence-electron chi connectivity index (χ0n) is 15.4. The Morgan fingerprint density at radius 1 is 1.30 bits per heavy atom. The fourth-order valence-corrected chi connectivity index (χ4v) is 6.24. The number of nitrogens with one attached hydrogen (secondary N) is 1. The van der Waals surface area contributed by atoms with Gasteiger partial charge < -0.3 is 10.1 Å². The second-order valence-electron chi connectivity index (χ2n) is 8.73. The first kappa shape index (κ1) is 18.5. The van der Waals surface area contributed by atoms with Gasteiger partial charge in [-0.3, -0.25) is 14.9 Å². The molecule has 4 saturated carbocycles. The SMILES string of the molecule is CC(NC(=O)COc1ccc([N+](=O)[O-])cc1Cl)C12CC3CC(CC(C3)C1)C2. The number of nitro groups is 1. The molecule has 27 heavy (non-hydrogen) atoms. The number of ether oxygens (including phenoxy) is 1. The predicted molar refractivity (Wildman–Crippen MR) is 102 cm³/mol. The summed E-state index contributed by atoms with van der Waals surface area (Å²) in [5, 5.41) is 14.0. The predicted octanol–water partition coefficient (Wildman–Crippen LogP) is 4.35. The maximum Gasteiger partial charge on any atom is 0.271 e. The van der Waals surface area contributed by atoms with E-state index in [1.54, 1.807) is 0 Å². The molecule has 1 atom stereocenters. The molecule has 4 aliphatic rings. The first-order valence-electron chi connectivity index (χ1n) is 9.71. The number of hydrogen-bond donors (Lipinski definition) is 1. The number of rotatable bonds is 6. The first-order valence-corrected chi connectivity index (χ1v) is 10.1. The van der Waals surface area contributed by atoms with E-state index in [2.05, 4.69) is 12.2 Å². The Morgan fingerprint density at radius 2 is 1.89 bits per heavy atom. The van der Waals surface area contributed by atoms with E-state index in [1.807, 2.05) is 0 Å². The van der Waals surface area contributed by atoms with Gasteiger partial charge in [0.05, 0.1) is 9.95 Å². The van der Waals surface area contributed by atoms with Crippen molar-refractivity contribution < 1.29 is 14.5 Å². The molecule has 0 aliphatic heterocycles. The highest BCUT2D eigenvalue weighted by Crippen LogP contribution is 2.61. The summed E-state index contributed by atoms with van der Waals surface area (Å²) in [6.07, 6.45) is 7.82. The van der Waals surface area contributed by atoms with E-state index in [4.69, 9.17) is 16.3 Å². The number of non-ortho nitro benzene ring substituents is 1. The van der Waals surface area contributed by atoms with Gasteiger partial charge in [0.1, 0.15) is 5.75 Å². The molecule has 0 saturated heterocycles. The lowest BCUT2D eigenvalue weighted by atomic mass is 9.48. The Kier molecular flexibility index (Phi) is 4.78. The zero-order chi connectivity index (χ0) is 19.2. The smallest absolute Gasteiger partial charge is 0.271 e. The van der Waals surface area contributed by atoms with Crippen LogP contribution in [-0.4, -0.2) is 23.5 Å². The number of nitro benzene ring substituents is 1. The molecule has 0 spiro atoms. The van der Waals surface area contributed by atoms with Gasteiger partial charge in [-0.05, 0) is 74.7 Å². The average molecular weight is 393 g/mol. The Labute approximate surface area is 163 Å². The molecule has 1 N–H and O–H groups in total. The minimum Gasteiger partial charge on any atom is -0.482 e. The van der Waals surface area contributed by atoms with Crippen molar-refractivity contribution in [2.45, 2.75) is 51.5 Å². The van der Waals surface area contributed by atoms with Crippen molar-refractivity contribution >= 4 is 23.2 Å². The second-order valence-corrected chi connectivity index (χ2v) is 9.14. The molecule has 0 radical (unpaired) electrons. The molecule has 4 bridgehead atoms. The highest BCUT2D eigenvalue weighted by atomic mass is 35.5. The maximum absolute atomic E-state index is 12.4. The minimum atomic E-state index is -0.518. The van der Waals surface area contributed by atoms with Crippen molar-refractivity contribution in [1.29, 1.82) is 0 Å². The third-order valence-electron chi connectivity index (χ3n) is 6.87. The van der Waals surface area contributed by atoms with Crippen molar-refractivity contribution in [2.24, 2.45) is 23.2 Å². The van der Waals surface area contributed by atoms with Crippen molar-refractivity contribution in [3.05, 3.63) is 33.3 Å². The van der Waals surface area contributed by atoms with Crippen molar-refractivity contribution in [1.82, 2.24) is 5.32 Å². The molecule has 1 unspecified atom stereocenters.